The van der Waals surface area contributed by atoms with Gasteiger partial charge in [0.15, 0.2) is 0 Å². The average Bonchev–Trinajstić information content (AvgIpc) is 3.23. The minimum absolute atomic E-state index is 0.167. The number of anilines is 1. The van der Waals surface area contributed by atoms with Crippen molar-refractivity contribution in [2.75, 3.05) is 25.0 Å². The van der Waals surface area contributed by atoms with Crippen molar-refractivity contribution in [3.8, 4) is 5.75 Å². The van der Waals surface area contributed by atoms with Gasteiger partial charge >= 0.3 is 6.03 Å². The summed E-state index contributed by atoms with van der Waals surface area (Å²) < 4.78 is 24.8. The summed E-state index contributed by atoms with van der Waals surface area (Å²) in [6, 6.07) is 13.6. The number of carbonyl (C=O) groups is 1. The van der Waals surface area contributed by atoms with E-state index in [2.05, 4.69) is 5.32 Å². The van der Waals surface area contributed by atoms with E-state index in [4.69, 9.17) is 9.47 Å². The first-order valence-electron chi connectivity index (χ1n) is 9.87. The van der Waals surface area contributed by atoms with Crippen molar-refractivity contribution >= 4 is 11.7 Å². The molecule has 28 heavy (non-hydrogen) atoms. The zero-order valence-electron chi connectivity index (χ0n) is 15.8. The molecule has 2 amide bonds. The quantitative estimate of drug-likeness (QED) is 0.827. The lowest BCUT2D eigenvalue weighted by molar-refractivity contribution is -0.0135. The van der Waals surface area contributed by atoms with Gasteiger partial charge in [0.1, 0.15) is 17.7 Å². The van der Waals surface area contributed by atoms with Crippen LogP contribution >= 0.6 is 0 Å². The highest BCUT2D eigenvalue weighted by Crippen LogP contribution is 2.26. The third-order valence-corrected chi connectivity index (χ3v) is 5.31. The molecule has 1 heterocycles. The van der Waals surface area contributed by atoms with Gasteiger partial charge in [-0.2, -0.15) is 0 Å². The standard InChI is InChI=1S/C22H25FN2O3/c23-17-7-5-16(6-8-17)21-15-25(13-14-27-21)22(26)24-18-9-11-20(12-10-18)28-19-3-1-2-4-19/h5-12,19,21H,1-4,13-15H2,(H,24,26). The smallest absolute Gasteiger partial charge is 0.322 e. The van der Waals surface area contributed by atoms with Crippen LogP contribution in [0.3, 0.4) is 0 Å². The van der Waals surface area contributed by atoms with E-state index < -0.39 is 0 Å². The number of rotatable bonds is 4. The molecule has 4 rings (SSSR count). The molecule has 1 aliphatic heterocycles. The van der Waals surface area contributed by atoms with Crippen LogP contribution in [0, 0.1) is 5.82 Å². The molecule has 1 aliphatic carbocycles. The molecule has 0 bridgehead atoms. The number of hydrogen-bond acceptors (Lipinski definition) is 3. The molecule has 5 nitrogen and oxygen atoms in total. The highest BCUT2D eigenvalue weighted by molar-refractivity contribution is 5.89. The lowest BCUT2D eigenvalue weighted by Crippen LogP contribution is -2.44. The fourth-order valence-corrected chi connectivity index (χ4v) is 3.73. The molecular formula is C22H25FN2O3. The summed E-state index contributed by atoms with van der Waals surface area (Å²) in [6.07, 6.45) is 4.77. The summed E-state index contributed by atoms with van der Waals surface area (Å²) in [7, 11) is 0. The number of urea groups is 1. The Hall–Kier alpha value is -2.60. The molecule has 6 heteroatoms. The minimum atomic E-state index is -0.283. The highest BCUT2D eigenvalue weighted by atomic mass is 19.1. The van der Waals surface area contributed by atoms with Crippen LogP contribution in [0.2, 0.25) is 0 Å². The number of nitrogens with zero attached hydrogens (tertiary/aromatic N) is 1. The summed E-state index contributed by atoms with van der Waals surface area (Å²) in [4.78, 5) is 14.4. The maximum atomic E-state index is 13.1. The monoisotopic (exact) mass is 384 g/mol. The van der Waals surface area contributed by atoms with E-state index in [1.54, 1.807) is 17.0 Å². The Morgan fingerprint density at radius 1 is 1.07 bits per heavy atom. The van der Waals surface area contributed by atoms with Crippen LogP contribution in [0.25, 0.3) is 0 Å². The van der Waals surface area contributed by atoms with Crippen molar-refractivity contribution in [1.29, 1.82) is 0 Å². The summed E-state index contributed by atoms with van der Waals surface area (Å²) in [5.41, 5.74) is 1.60. The summed E-state index contributed by atoms with van der Waals surface area (Å²) in [5, 5.41) is 2.93. The number of benzene rings is 2. The van der Waals surface area contributed by atoms with Crippen LogP contribution in [0.15, 0.2) is 48.5 Å². The number of morpholine rings is 1. The lowest BCUT2D eigenvalue weighted by Gasteiger charge is -2.33. The predicted octanol–water partition coefficient (Wildman–Crippen LogP) is 4.75. The first-order chi connectivity index (χ1) is 13.7. The Morgan fingerprint density at radius 2 is 1.79 bits per heavy atom. The van der Waals surface area contributed by atoms with Crippen LogP contribution in [0.4, 0.5) is 14.9 Å². The Labute approximate surface area is 164 Å². The van der Waals surface area contributed by atoms with Crippen LogP contribution in [0.1, 0.15) is 37.4 Å². The lowest BCUT2D eigenvalue weighted by atomic mass is 10.1. The molecule has 1 unspecified atom stereocenters. The Balaban J connectivity index is 1.33. The molecule has 0 spiro atoms. The SMILES string of the molecule is O=C(Nc1ccc(OC2CCCC2)cc1)N1CCOC(c2ccc(F)cc2)C1. The van der Waals surface area contributed by atoms with Gasteiger partial charge in [-0.3, -0.25) is 0 Å². The molecular weight excluding hydrogens is 359 g/mol. The number of halogens is 1. The van der Waals surface area contributed by atoms with E-state index in [1.165, 1.54) is 25.0 Å². The number of carbonyl (C=O) groups excluding carboxylic acids is 1. The van der Waals surface area contributed by atoms with Gasteiger partial charge in [0.2, 0.25) is 0 Å². The third-order valence-electron chi connectivity index (χ3n) is 5.31. The zero-order valence-corrected chi connectivity index (χ0v) is 15.8. The molecule has 0 radical (unpaired) electrons. The fraction of sp³-hybridized carbons (Fsp3) is 0.409. The normalized spacial score (nSPS) is 20.2. The van der Waals surface area contributed by atoms with Crippen molar-refractivity contribution < 1.29 is 18.7 Å². The van der Waals surface area contributed by atoms with Gasteiger partial charge in [-0.05, 0) is 67.6 Å². The summed E-state index contributed by atoms with van der Waals surface area (Å²) >= 11 is 0. The van der Waals surface area contributed by atoms with Gasteiger partial charge in [-0.25, -0.2) is 9.18 Å². The summed E-state index contributed by atoms with van der Waals surface area (Å²) in [5.74, 6) is 0.558. The fourth-order valence-electron chi connectivity index (χ4n) is 3.73. The van der Waals surface area contributed by atoms with Gasteiger partial charge in [0.05, 0.1) is 19.3 Å². The first-order valence-corrected chi connectivity index (χ1v) is 9.87. The maximum absolute atomic E-state index is 13.1. The molecule has 1 atom stereocenters. The van der Waals surface area contributed by atoms with Gasteiger partial charge in [0, 0.05) is 12.2 Å². The molecule has 2 aromatic carbocycles. The zero-order chi connectivity index (χ0) is 19.3. The molecule has 2 aromatic rings. The highest BCUT2D eigenvalue weighted by Gasteiger charge is 2.25. The number of amides is 2. The summed E-state index contributed by atoms with van der Waals surface area (Å²) in [6.45, 7) is 1.40. The second-order valence-electron chi connectivity index (χ2n) is 7.34. The van der Waals surface area contributed by atoms with Gasteiger partial charge < -0.3 is 19.7 Å². The number of hydrogen-bond donors (Lipinski definition) is 1. The van der Waals surface area contributed by atoms with E-state index in [9.17, 15) is 9.18 Å². The molecule has 148 valence electrons. The van der Waals surface area contributed by atoms with Crippen molar-refractivity contribution in [1.82, 2.24) is 4.90 Å². The molecule has 0 aromatic heterocycles. The largest absolute Gasteiger partial charge is 0.490 e. The topological polar surface area (TPSA) is 50.8 Å². The third kappa shape index (κ3) is 4.62. The van der Waals surface area contributed by atoms with Crippen molar-refractivity contribution in [3.63, 3.8) is 0 Å². The predicted molar refractivity (Wildman–Crippen MR) is 105 cm³/mol. The van der Waals surface area contributed by atoms with Crippen molar-refractivity contribution in [2.24, 2.45) is 0 Å². The maximum Gasteiger partial charge on any atom is 0.322 e. The van der Waals surface area contributed by atoms with Gasteiger partial charge in [0.25, 0.3) is 0 Å². The molecule has 1 N–H and O–H groups in total. The number of ether oxygens (including phenoxy) is 2. The Morgan fingerprint density at radius 3 is 2.50 bits per heavy atom. The van der Waals surface area contributed by atoms with Crippen LogP contribution < -0.4 is 10.1 Å². The van der Waals surface area contributed by atoms with Gasteiger partial charge in [-0.1, -0.05) is 12.1 Å². The second kappa shape index (κ2) is 8.61. The van der Waals surface area contributed by atoms with Crippen LogP contribution in [-0.4, -0.2) is 36.7 Å². The van der Waals surface area contributed by atoms with E-state index >= 15 is 0 Å². The molecule has 1 saturated carbocycles. The Kier molecular flexibility index (Phi) is 5.76. The second-order valence-corrected chi connectivity index (χ2v) is 7.34. The van der Waals surface area contributed by atoms with Gasteiger partial charge in [-0.15, -0.1) is 0 Å². The Bertz CT molecular complexity index is 788. The van der Waals surface area contributed by atoms with E-state index in [-0.39, 0.29) is 18.0 Å². The van der Waals surface area contributed by atoms with Crippen LogP contribution in [-0.2, 0) is 4.74 Å². The van der Waals surface area contributed by atoms with E-state index in [0.29, 0.717) is 25.8 Å². The number of nitrogens with one attached hydrogen (secondary N) is 1. The molecule has 2 fully saturated rings. The van der Waals surface area contributed by atoms with Crippen molar-refractivity contribution in [2.45, 2.75) is 37.9 Å². The van der Waals surface area contributed by atoms with Crippen LogP contribution in [0.5, 0.6) is 5.75 Å². The van der Waals surface area contributed by atoms with E-state index in [1.807, 2.05) is 24.3 Å². The minimum Gasteiger partial charge on any atom is -0.490 e. The van der Waals surface area contributed by atoms with E-state index in [0.717, 1.165) is 29.8 Å². The average molecular weight is 384 g/mol. The first kappa shape index (κ1) is 18.7. The molecule has 1 saturated heterocycles. The van der Waals surface area contributed by atoms with Crippen molar-refractivity contribution in [3.05, 3.63) is 59.9 Å². The molecule has 2 aliphatic rings.